The molecule has 0 amide bonds. The molecule has 0 atom stereocenters. The van der Waals surface area contributed by atoms with Crippen molar-refractivity contribution in [1.29, 1.82) is 0 Å². The van der Waals surface area contributed by atoms with Gasteiger partial charge in [-0.2, -0.15) is 0 Å². The summed E-state index contributed by atoms with van der Waals surface area (Å²) < 4.78 is 12.8. The molecule has 0 unspecified atom stereocenters. The number of fused-ring (bicyclic) bond motifs is 6. The predicted molar refractivity (Wildman–Crippen MR) is 192 cm³/mol. The summed E-state index contributed by atoms with van der Waals surface area (Å²) in [6.45, 7) is 0. The average Bonchev–Trinajstić information content (AvgIpc) is 3.99. The Labute approximate surface area is 302 Å². The molecule has 2 aromatic carbocycles. The van der Waals surface area contributed by atoms with Gasteiger partial charge < -0.3 is 28.0 Å². The van der Waals surface area contributed by atoms with Gasteiger partial charge in [0.15, 0.2) is 0 Å². The minimum atomic E-state index is 0. The molecule has 14 heteroatoms. The molecule has 7 aromatic heterocycles. The number of nitrogens with one attached hydrogen (secondary N) is 1. The number of hydrogen-bond donors (Lipinski definition) is 1. The molecule has 0 saturated heterocycles. The van der Waals surface area contributed by atoms with Gasteiger partial charge in [-0.05, 0) is 48.5 Å². The molecule has 0 fully saturated rings. The first-order valence-electron chi connectivity index (χ1n) is 15.3. The predicted octanol–water partition coefficient (Wildman–Crippen LogP) is 6.01. The second-order valence-corrected chi connectivity index (χ2v) is 10.7. The van der Waals surface area contributed by atoms with Gasteiger partial charge >= 0.3 is 19.5 Å². The van der Waals surface area contributed by atoms with Crippen LogP contribution in [-0.2, 0) is 47.7 Å². The van der Waals surface area contributed by atoms with E-state index in [0.717, 1.165) is 50.0 Å². The molecule has 9 aromatic rings. The van der Waals surface area contributed by atoms with Gasteiger partial charge in [-0.25, -0.2) is 24.9 Å². The molecule has 253 valence electrons. The molecule has 7 heterocycles. The fraction of sp³-hybridized carbons (Fsp3) is 0.139. The molecule has 0 aliphatic rings. The molecule has 0 spiro atoms. The SMILES string of the molecule is COc1ccc(-c2nc3c4cccnc4c4ncccc4c3[nH]2)cc1.Cn1ccnc1.Cn1ccnc1.Cn1ccnc1.Cn1ccnc1.[Ru+3]. The summed E-state index contributed by atoms with van der Waals surface area (Å²) in [4.78, 5) is 32.5. The van der Waals surface area contributed by atoms with Gasteiger partial charge in [0.2, 0.25) is 0 Å². The summed E-state index contributed by atoms with van der Waals surface area (Å²) >= 11 is 0. The monoisotopic (exact) mass is 756 g/mol. The van der Waals surface area contributed by atoms with Gasteiger partial charge in [0.1, 0.15) is 11.6 Å². The van der Waals surface area contributed by atoms with E-state index in [1.54, 1.807) is 69.6 Å². The van der Waals surface area contributed by atoms with Crippen molar-refractivity contribution in [3.8, 4) is 17.1 Å². The van der Waals surface area contributed by atoms with Crippen LogP contribution in [0, 0.1) is 0 Å². The number of rotatable bonds is 2. The maximum Gasteiger partial charge on any atom is 3.00 e. The fourth-order valence-electron chi connectivity index (χ4n) is 4.53. The number of hydrogen-bond acceptors (Lipinski definition) is 8. The smallest absolute Gasteiger partial charge is 0.497 e. The normalized spacial score (nSPS) is 9.94. The van der Waals surface area contributed by atoms with Crippen LogP contribution in [0.1, 0.15) is 0 Å². The van der Waals surface area contributed by atoms with Gasteiger partial charge in [-0.1, -0.05) is 0 Å². The third kappa shape index (κ3) is 10.0. The number of imidazole rings is 5. The summed E-state index contributed by atoms with van der Waals surface area (Å²) in [7, 11) is 9.41. The first-order valence-corrected chi connectivity index (χ1v) is 15.3. The number of aromatic amines is 1. The molecule has 9 rings (SSSR count). The van der Waals surface area contributed by atoms with E-state index in [4.69, 9.17) is 9.72 Å². The van der Waals surface area contributed by atoms with Crippen molar-refractivity contribution in [3.05, 3.63) is 136 Å². The number of ether oxygens (including phenoxy) is 1. The van der Waals surface area contributed by atoms with E-state index in [1.165, 1.54) is 0 Å². The second kappa shape index (κ2) is 18.5. The molecule has 50 heavy (non-hydrogen) atoms. The number of nitrogens with zero attached hydrogens (tertiary/aromatic N) is 11. The number of pyridine rings is 2. The van der Waals surface area contributed by atoms with E-state index < -0.39 is 0 Å². The molecule has 1 radical (unpaired) electrons. The molecule has 0 saturated carbocycles. The third-order valence-electron chi connectivity index (χ3n) is 6.98. The molecule has 1 N–H and O–H groups in total. The van der Waals surface area contributed by atoms with Gasteiger partial charge in [-0.3, -0.25) is 9.97 Å². The molecule has 13 nitrogen and oxygen atoms in total. The molecule has 0 aliphatic carbocycles. The van der Waals surface area contributed by atoms with Crippen LogP contribution in [0.2, 0.25) is 0 Å². The third-order valence-corrected chi connectivity index (χ3v) is 6.98. The van der Waals surface area contributed by atoms with Crippen LogP contribution in [0.15, 0.2) is 136 Å². The van der Waals surface area contributed by atoms with E-state index in [1.807, 2.05) is 114 Å². The molecule has 0 aliphatic heterocycles. The quantitative estimate of drug-likeness (QED) is 0.168. The zero-order valence-electron chi connectivity index (χ0n) is 28.4. The zero-order valence-corrected chi connectivity index (χ0v) is 30.1. The van der Waals surface area contributed by atoms with E-state index in [9.17, 15) is 0 Å². The van der Waals surface area contributed by atoms with Crippen LogP contribution in [0.3, 0.4) is 0 Å². The Bertz CT molecular complexity index is 2040. The van der Waals surface area contributed by atoms with Gasteiger partial charge in [-0.15, -0.1) is 0 Å². The number of aryl methyl sites for hydroxylation is 4. The van der Waals surface area contributed by atoms with Gasteiger partial charge in [0.25, 0.3) is 0 Å². The first-order chi connectivity index (χ1) is 23.9. The minimum absolute atomic E-state index is 0. The van der Waals surface area contributed by atoms with E-state index in [0.29, 0.717) is 0 Å². The first kappa shape index (κ1) is 36.8. The van der Waals surface area contributed by atoms with Crippen LogP contribution in [0.25, 0.3) is 44.2 Å². The van der Waals surface area contributed by atoms with E-state index in [-0.39, 0.29) is 19.5 Å². The van der Waals surface area contributed by atoms with E-state index in [2.05, 4.69) is 41.0 Å². The van der Waals surface area contributed by atoms with Crippen LogP contribution < -0.4 is 4.74 Å². The van der Waals surface area contributed by atoms with Crippen molar-refractivity contribution >= 4 is 32.8 Å². The maximum atomic E-state index is 5.23. The largest absolute Gasteiger partial charge is 3.00 e. The maximum absolute atomic E-state index is 5.23. The number of H-pyrrole nitrogens is 1. The Morgan fingerprint density at radius 1 is 0.540 bits per heavy atom. The Hall–Kier alpha value is -6.01. The zero-order chi connectivity index (χ0) is 34.4. The van der Waals surface area contributed by atoms with Crippen molar-refractivity contribution in [1.82, 2.24) is 58.1 Å². The van der Waals surface area contributed by atoms with Crippen molar-refractivity contribution in [2.45, 2.75) is 0 Å². The van der Waals surface area contributed by atoms with Gasteiger partial charge in [0, 0.05) is 106 Å². The number of aromatic nitrogens is 12. The Balaban J connectivity index is 0.000000181. The summed E-state index contributed by atoms with van der Waals surface area (Å²) in [5, 5.41) is 2.02. The van der Waals surface area contributed by atoms with Crippen LogP contribution in [-0.4, -0.2) is 65.3 Å². The summed E-state index contributed by atoms with van der Waals surface area (Å²) in [6.07, 6.45) is 25.1. The summed E-state index contributed by atoms with van der Waals surface area (Å²) in [6, 6.07) is 15.8. The Morgan fingerprint density at radius 2 is 0.980 bits per heavy atom. The summed E-state index contributed by atoms with van der Waals surface area (Å²) in [5.41, 5.74) is 4.66. The van der Waals surface area contributed by atoms with Gasteiger partial charge in [0.05, 0.1) is 54.5 Å². The minimum Gasteiger partial charge on any atom is -0.497 e. The fourth-order valence-corrected chi connectivity index (χ4v) is 4.53. The molecular weight excluding hydrogens is 718 g/mol. The second-order valence-electron chi connectivity index (χ2n) is 10.7. The summed E-state index contributed by atoms with van der Waals surface area (Å²) in [5.74, 6) is 1.64. The Morgan fingerprint density at radius 3 is 1.36 bits per heavy atom. The van der Waals surface area contributed by atoms with Crippen LogP contribution in [0.4, 0.5) is 0 Å². The van der Waals surface area contributed by atoms with Crippen molar-refractivity contribution < 1.29 is 24.2 Å². The molecular formula is C36H38N12ORu+3. The number of benzene rings is 2. The number of methoxy groups -OCH3 is 1. The topological polar surface area (TPSA) is 135 Å². The average molecular weight is 756 g/mol. The van der Waals surface area contributed by atoms with Crippen molar-refractivity contribution in [2.24, 2.45) is 28.2 Å². The van der Waals surface area contributed by atoms with Crippen LogP contribution in [0.5, 0.6) is 5.75 Å². The van der Waals surface area contributed by atoms with Crippen molar-refractivity contribution in [3.63, 3.8) is 0 Å². The van der Waals surface area contributed by atoms with Crippen LogP contribution >= 0.6 is 0 Å². The molecule has 0 bridgehead atoms. The van der Waals surface area contributed by atoms with E-state index >= 15 is 0 Å². The standard InChI is InChI=1S/C20H14N4O.4C4H6N2.Ru/c1-25-13-8-6-12(7-9-13)20-23-18-14-4-2-10-21-16(14)17-15(19(18)24-20)5-3-11-22-17;4*1-6-3-2-5-4-6;/h2-11H,1H3,(H,23,24);4*2-4H,1H3;/q;;;;;+3. The Kier molecular flexibility index (Phi) is 13.6. The van der Waals surface area contributed by atoms with Crippen molar-refractivity contribution in [2.75, 3.05) is 7.11 Å².